The third kappa shape index (κ3) is 4.87. The third-order valence-corrected chi connectivity index (χ3v) is 2.39. The molecular weight excluding hydrogens is 250 g/mol. The topological polar surface area (TPSA) is 98.9 Å². The quantitative estimate of drug-likeness (QED) is 0.595. The highest BCUT2D eigenvalue weighted by Gasteiger charge is 2.29. The molecule has 6 nitrogen and oxygen atoms in total. The van der Waals surface area contributed by atoms with Crippen molar-refractivity contribution in [1.29, 1.82) is 0 Å². The summed E-state index contributed by atoms with van der Waals surface area (Å²) < 4.78 is 10.0. The van der Waals surface area contributed by atoms with Crippen molar-refractivity contribution in [3.05, 3.63) is 24.3 Å². The summed E-state index contributed by atoms with van der Waals surface area (Å²) in [5.74, 6) is -1.21. The maximum absolute atomic E-state index is 11.4. The predicted molar refractivity (Wildman–Crippen MR) is 68.7 cm³/mol. The van der Waals surface area contributed by atoms with Gasteiger partial charge in [0.1, 0.15) is 12.4 Å². The number of carbonyl (C=O) groups is 2. The SMILES string of the molecule is CC(C)(COC(=O)COc1cccc(N)c1)C(=O)O. The molecule has 3 N–H and O–H groups in total. The second-order valence-corrected chi connectivity index (χ2v) is 4.71. The first-order chi connectivity index (χ1) is 8.81. The first-order valence-electron chi connectivity index (χ1n) is 5.68. The molecule has 0 saturated heterocycles. The van der Waals surface area contributed by atoms with Crippen LogP contribution in [0.15, 0.2) is 24.3 Å². The van der Waals surface area contributed by atoms with Crippen molar-refractivity contribution >= 4 is 17.6 Å². The van der Waals surface area contributed by atoms with Crippen LogP contribution in [-0.2, 0) is 14.3 Å². The molecule has 0 aromatic heterocycles. The number of benzene rings is 1. The molecular formula is C13H17NO5. The van der Waals surface area contributed by atoms with Crippen LogP contribution in [0, 0.1) is 5.41 Å². The van der Waals surface area contributed by atoms with Crippen LogP contribution in [0.4, 0.5) is 5.69 Å². The van der Waals surface area contributed by atoms with E-state index in [-0.39, 0.29) is 13.2 Å². The van der Waals surface area contributed by atoms with Crippen molar-refractivity contribution in [2.45, 2.75) is 13.8 Å². The minimum Gasteiger partial charge on any atom is -0.482 e. The molecule has 0 unspecified atom stereocenters. The molecule has 0 radical (unpaired) electrons. The van der Waals surface area contributed by atoms with Crippen LogP contribution < -0.4 is 10.5 Å². The van der Waals surface area contributed by atoms with E-state index in [0.717, 1.165) is 0 Å². The van der Waals surface area contributed by atoms with Crippen molar-refractivity contribution in [3.63, 3.8) is 0 Å². The fraction of sp³-hybridized carbons (Fsp3) is 0.385. The lowest BCUT2D eigenvalue weighted by Crippen LogP contribution is -2.31. The van der Waals surface area contributed by atoms with Gasteiger partial charge >= 0.3 is 11.9 Å². The first-order valence-corrected chi connectivity index (χ1v) is 5.68. The zero-order chi connectivity index (χ0) is 14.5. The molecule has 0 aliphatic rings. The molecule has 0 spiro atoms. The number of hydrogen-bond acceptors (Lipinski definition) is 5. The van der Waals surface area contributed by atoms with E-state index in [4.69, 9.17) is 20.3 Å². The number of carboxylic acid groups (broad SMARTS) is 1. The van der Waals surface area contributed by atoms with Crippen LogP contribution in [0.3, 0.4) is 0 Å². The molecule has 19 heavy (non-hydrogen) atoms. The number of esters is 1. The van der Waals surface area contributed by atoms with E-state index in [1.807, 2.05) is 0 Å². The Morgan fingerprint density at radius 2 is 2.05 bits per heavy atom. The highest BCUT2D eigenvalue weighted by molar-refractivity contribution is 5.75. The normalized spacial score (nSPS) is 10.8. The summed E-state index contributed by atoms with van der Waals surface area (Å²) in [6.07, 6.45) is 0. The maximum Gasteiger partial charge on any atom is 0.344 e. The summed E-state index contributed by atoms with van der Waals surface area (Å²) in [7, 11) is 0. The van der Waals surface area contributed by atoms with Crippen molar-refractivity contribution in [1.82, 2.24) is 0 Å². The van der Waals surface area contributed by atoms with Crippen LogP contribution in [0.5, 0.6) is 5.75 Å². The second kappa shape index (κ2) is 6.08. The molecule has 0 amide bonds. The Morgan fingerprint density at radius 3 is 2.63 bits per heavy atom. The van der Waals surface area contributed by atoms with Crippen LogP contribution in [0.2, 0.25) is 0 Å². The van der Waals surface area contributed by atoms with Gasteiger partial charge in [-0.05, 0) is 26.0 Å². The average Bonchev–Trinajstić information content (AvgIpc) is 2.34. The predicted octanol–water partition coefficient (Wildman–Crippen LogP) is 1.30. The number of ether oxygens (including phenoxy) is 2. The lowest BCUT2D eigenvalue weighted by Gasteiger charge is -2.18. The molecule has 0 fully saturated rings. The minimum atomic E-state index is -1.12. The van der Waals surface area contributed by atoms with Gasteiger partial charge in [0.25, 0.3) is 0 Å². The highest BCUT2D eigenvalue weighted by atomic mass is 16.6. The summed E-state index contributed by atoms with van der Waals surface area (Å²) in [6.45, 7) is 2.45. The molecule has 0 bridgehead atoms. The standard InChI is InChI=1S/C13H17NO5/c1-13(2,12(16)17)8-19-11(15)7-18-10-5-3-4-9(14)6-10/h3-6H,7-8,14H2,1-2H3,(H,16,17). The largest absolute Gasteiger partial charge is 0.482 e. The summed E-state index contributed by atoms with van der Waals surface area (Å²) in [6, 6.07) is 6.63. The first kappa shape index (κ1) is 14.8. The van der Waals surface area contributed by atoms with Crippen molar-refractivity contribution < 1.29 is 24.2 Å². The lowest BCUT2D eigenvalue weighted by atomic mass is 9.95. The molecule has 0 aliphatic heterocycles. The van der Waals surface area contributed by atoms with Gasteiger partial charge in [0, 0.05) is 11.8 Å². The summed E-state index contributed by atoms with van der Waals surface area (Å²) in [5.41, 5.74) is 4.96. The lowest BCUT2D eigenvalue weighted by molar-refractivity contribution is -0.157. The fourth-order valence-electron chi connectivity index (χ4n) is 1.11. The van der Waals surface area contributed by atoms with E-state index in [9.17, 15) is 9.59 Å². The van der Waals surface area contributed by atoms with Gasteiger partial charge in [-0.2, -0.15) is 0 Å². The van der Waals surface area contributed by atoms with Crippen molar-refractivity contribution in [2.24, 2.45) is 5.41 Å². The Balaban J connectivity index is 2.39. The van der Waals surface area contributed by atoms with E-state index in [1.165, 1.54) is 13.8 Å². The molecule has 0 heterocycles. The Morgan fingerprint density at radius 1 is 1.37 bits per heavy atom. The van der Waals surface area contributed by atoms with Gasteiger partial charge in [-0.3, -0.25) is 4.79 Å². The molecule has 6 heteroatoms. The van der Waals surface area contributed by atoms with Crippen molar-refractivity contribution in [2.75, 3.05) is 18.9 Å². The van der Waals surface area contributed by atoms with E-state index in [1.54, 1.807) is 24.3 Å². The summed E-state index contributed by atoms with van der Waals surface area (Å²) in [5, 5.41) is 8.86. The number of rotatable bonds is 6. The van der Waals surface area contributed by atoms with Crippen LogP contribution in [-0.4, -0.2) is 30.3 Å². The number of anilines is 1. The number of nitrogen functional groups attached to an aromatic ring is 1. The summed E-state index contributed by atoms with van der Waals surface area (Å²) >= 11 is 0. The molecule has 0 atom stereocenters. The Kier molecular flexibility index (Phi) is 4.74. The smallest absolute Gasteiger partial charge is 0.344 e. The highest BCUT2D eigenvalue weighted by Crippen LogP contribution is 2.16. The van der Waals surface area contributed by atoms with Gasteiger partial charge < -0.3 is 20.3 Å². The number of nitrogens with two attached hydrogens (primary N) is 1. The Hall–Kier alpha value is -2.24. The average molecular weight is 267 g/mol. The van der Waals surface area contributed by atoms with Crippen LogP contribution in [0.1, 0.15) is 13.8 Å². The van der Waals surface area contributed by atoms with E-state index < -0.39 is 17.4 Å². The molecule has 0 aliphatic carbocycles. The van der Waals surface area contributed by atoms with Gasteiger partial charge in [0.05, 0.1) is 5.41 Å². The zero-order valence-electron chi connectivity index (χ0n) is 10.9. The molecule has 1 aromatic carbocycles. The number of carbonyl (C=O) groups excluding carboxylic acids is 1. The number of aliphatic carboxylic acids is 1. The van der Waals surface area contributed by atoms with E-state index in [2.05, 4.69) is 0 Å². The van der Waals surface area contributed by atoms with Gasteiger partial charge in [0.2, 0.25) is 0 Å². The molecule has 1 rings (SSSR count). The Labute approximate surface area is 111 Å². The van der Waals surface area contributed by atoms with Crippen LogP contribution >= 0.6 is 0 Å². The Bertz CT molecular complexity index is 470. The second-order valence-electron chi connectivity index (χ2n) is 4.71. The summed E-state index contributed by atoms with van der Waals surface area (Å²) in [4.78, 5) is 22.2. The van der Waals surface area contributed by atoms with E-state index in [0.29, 0.717) is 11.4 Å². The van der Waals surface area contributed by atoms with Gasteiger partial charge in [-0.15, -0.1) is 0 Å². The monoisotopic (exact) mass is 267 g/mol. The number of hydrogen-bond donors (Lipinski definition) is 2. The van der Waals surface area contributed by atoms with E-state index >= 15 is 0 Å². The fourth-order valence-corrected chi connectivity index (χ4v) is 1.11. The van der Waals surface area contributed by atoms with Gasteiger partial charge in [-0.1, -0.05) is 6.07 Å². The van der Waals surface area contributed by atoms with Gasteiger partial charge in [0.15, 0.2) is 6.61 Å². The van der Waals surface area contributed by atoms with Gasteiger partial charge in [-0.25, -0.2) is 4.79 Å². The molecule has 104 valence electrons. The van der Waals surface area contributed by atoms with Crippen LogP contribution in [0.25, 0.3) is 0 Å². The number of carboxylic acids is 1. The minimum absolute atomic E-state index is 0.207. The van der Waals surface area contributed by atoms with Crippen molar-refractivity contribution in [3.8, 4) is 5.75 Å². The third-order valence-electron chi connectivity index (χ3n) is 2.39. The molecule has 0 saturated carbocycles. The molecule has 1 aromatic rings. The zero-order valence-corrected chi connectivity index (χ0v) is 10.9. The maximum atomic E-state index is 11.4.